The molecule has 2 fully saturated rings. The second-order valence-corrected chi connectivity index (χ2v) is 11.8. The van der Waals surface area contributed by atoms with Gasteiger partial charge in [0.25, 0.3) is 0 Å². The molecule has 1 N–H and O–H groups in total. The van der Waals surface area contributed by atoms with Gasteiger partial charge in [0.05, 0.1) is 24.2 Å². The van der Waals surface area contributed by atoms with Crippen LogP contribution in [-0.2, 0) is 33.4 Å². The average Bonchev–Trinajstić information content (AvgIpc) is 3.10. The van der Waals surface area contributed by atoms with Crippen LogP contribution in [0.15, 0.2) is 22.1 Å². The number of ether oxygens (including phenoxy) is 3. The minimum Gasteiger partial charge on any atom is -0.458 e. The predicted octanol–water partition coefficient (Wildman–Crippen LogP) is 3.16. The van der Waals surface area contributed by atoms with Crippen molar-refractivity contribution in [2.75, 3.05) is 19.5 Å². The number of carbonyl (C=O) groups excluding carboxylic acids is 4. The lowest BCUT2D eigenvalue weighted by atomic mass is 9.50. The number of Topliss-reactive ketones (excluding diaryl/α,β-unsaturated/α-hetero) is 2. The highest BCUT2D eigenvalue weighted by Crippen LogP contribution is 2.63. The number of aliphatic hydroxyl groups excluding tert-OH is 1. The first-order valence-corrected chi connectivity index (χ1v) is 13.8. The number of fused-ring (bicyclic) bond motifs is 4. The van der Waals surface area contributed by atoms with E-state index in [0.717, 1.165) is 18.6 Å². The van der Waals surface area contributed by atoms with E-state index in [-0.39, 0.29) is 18.1 Å². The Morgan fingerprint density at radius 1 is 1.25 bits per heavy atom. The Kier molecular flexibility index (Phi) is 7.57. The summed E-state index contributed by atoms with van der Waals surface area (Å²) in [7, 11) is 1.48. The number of methoxy groups -OCH3 is 1. The van der Waals surface area contributed by atoms with Crippen molar-refractivity contribution in [1.82, 2.24) is 0 Å². The minimum atomic E-state index is -1.14. The zero-order valence-corrected chi connectivity index (χ0v) is 22.4. The molecular weight excluding hydrogens is 484 g/mol. The van der Waals surface area contributed by atoms with Gasteiger partial charge in [-0.3, -0.25) is 14.4 Å². The molecule has 0 bridgehead atoms. The van der Waals surface area contributed by atoms with Gasteiger partial charge in [0.15, 0.2) is 0 Å². The predicted molar refractivity (Wildman–Crippen MR) is 133 cm³/mol. The van der Waals surface area contributed by atoms with E-state index in [2.05, 4.69) is 6.92 Å². The lowest BCUT2D eigenvalue weighted by Crippen LogP contribution is -2.62. The summed E-state index contributed by atoms with van der Waals surface area (Å²) in [6, 6.07) is 0. The van der Waals surface area contributed by atoms with Crippen LogP contribution in [0.1, 0.15) is 59.8 Å². The maximum absolute atomic E-state index is 13.9. The Balaban J connectivity index is 1.94. The molecule has 8 nitrogen and oxygen atoms in total. The number of hydrogen-bond acceptors (Lipinski definition) is 9. The average molecular weight is 521 g/mol. The van der Waals surface area contributed by atoms with Crippen molar-refractivity contribution >= 4 is 35.3 Å². The molecule has 1 heterocycles. The Bertz CT molecular complexity index is 1030. The highest BCUT2D eigenvalue weighted by atomic mass is 32.2. The van der Waals surface area contributed by atoms with Gasteiger partial charge in [0.1, 0.15) is 12.2 Å². The molecule has 0 aromatic heterocycles. The van der Waals surface area contributed by atoms with E-state index in [1.54, 1.807) is 5.41 Å². The Labute approximate surface area is 216 Å². The molecule has 1 saturated heterocycles. The van der Waals surface area contributed by atoms with Gasteiger partial charge < -0.3 is 19.3 Å². The molecule has 0 radical (unpaired) electrons. The molecule has 9 heteroatoms. The molecule has 0 aromatic carbocycles. The fourth-order valence-electron chi connectivity index (χ4n) is 6.85. The summed E-state index contributed by atoms with van der Waals surface area (Å²) in [4.78, 5) is 53.0. The highest BCUT2D eigenvalue weighted by Gasteiger charge is 2.67. The number of hydrogen-bond donors (Lipinski definition) is 1. The molecule has 7 unspecified atom stereocenters. The van der Waals surface area contributed by atoms with Crippen LogP contribution in [0.2, 0.25) is 0 Å². The monoisotopic (exact) mass is 520 g/mol. The van der Waals surface area contributed by atoms with Crippen molar-refractivity contribution in [3.05, 3.63) is 22.1 Å². The van der Waals surface area contributed by atoms with Crippen molar-refractivity contribution in [3.63, 3.8) is 0 Å². The first-order valence-electron chi connectivity index (χ1n) is 12.7. The Morgan fingerprint density at radius 3 is 2.61 bits per heavy atom. The number of thioether (sulfide) groups is 1. The molecule has 36 heavy (non-hydrogen) atoms. The molecule has 4 aliphatic rings. The third-order valence-electron chi connectivity index (χ3n) is 8.70. The van der Waals surface area contributed by atoms with E-state index in [0.29, 0.717) is 30.4 Å². The number of esters is 2. The standard InChI is InChI=1S/C27H36O8S/c1-6-7-10-36-13-15-21-24(31)23(30)20-16-8-9-18(29)26(16,3)11-17(34-14(2)28)22(20)27(21,4)19(12-33-5)35-25(15)32/h13,16-19,21,29H,6-12H2,1-5H3. The van der Waals surface area contributed by atoms with E-state index in [1.807, 2.05) is 13.8 Å². The fourth-order valence-corrected chi connectivity index (χ4v) is 7.84. The van der Waals surface area contributed by atoms with E-state index < -0.39 is 58.6 Å². The van der Waals surface area contributed by atoms with E-state index >= 15 is 0 Å². The van der Waals surface area contributed by atoms with Crippen LogP contribution in [-0.4, -0.2) is 66.4 Å². The van der Waals surface area contributed by atoms with E-state index in [1.165, 1.54) is 25.8 Å². The molecule has 0 amide bonds. The second-order valence-electron chi connectivity index (χ2n) is 10.8. The van der Waals surface area contributed by atoms with Gasteiger partial charge in [0, 0.05) is 30.4 Å². The van der Waals surface area contributed by atoms with E-state index in [4.69, 9.17) is 14.2 Å². The lowest BCUT2D eigenvalue weighted by Gasteiger charge is -2.55. The van der Waals surface area contributed by atoms with Gasteiger partial charge in [-0.1, -0.05) is 27.2 Å². The largest absolute Gasteiger partial charge is 0.458 e. The second kappa shape index (κ2) is 10.1. The van der Waals surface area contributed by atoms with Crippen LogP contribution < -0.4 is 0 Å². The SMILES string of the molecule is CCCCSC=C1C(=O)OC(COC)C2(C)C3=C(C(=O)C(=O)C12)C1CCC(O)C1(C)CC3OC(C)=O. The van der Waals surface area contributed by atoms with Crippen LogP contribution in [0.5, 0.6) is 0 Å². The molecule has 4 rings (SSSR count). The molecule has 0 aromatic rings. The molecule has 0 spiro atoms. The minimum absolute atomic E-state index is 0.0185. The van der Waals surface area contributed by atoms with Crippen LogP contribution in [0.25, 0.3) is 0 Å². The van der Waals surface area contributed by atoms with Crippen molar-refractivity contribution < 1.29 is 38.5 Å². The molecule has 1 saturated carbocycles. The lowest BCUT2D eigenvalue weighted by molar-refractivity contribution is -0.174. The van der Waals surface area contributed by atoms with Crippen LogP contribution in [0, 0.1) is 22.7 Å². The van der Waals surface area contributed by atoms with Gasteiger partial charge in [-0.15, -0.1) is 11.8 Å². The van der Waals surface area contributed by atoms with Gasteiger partial charge in [0.2, 0.25) is 11.6 Å². The first-order chi connectivity index (χ1) is 17.0. The van der Waals surface area contributed by atoms with Crippen LogP contribution in [0.3, 0.4) is 0 Å². The summed E-state index contributed by atoms with van der Waals surface area (Å²) < 4.78 is 17.1. The normalized spacial score (nSPS) is 39.0. The summed E-state index contributed by atoms with van der Waals surface area (Å²) in [6.07, 6.45) is 0.912. The number of aliphatic hydroxyl groups is 1. The number of ketones is 2. The summed E-state index contributed by atoms with van der Waals surface area (Å²) >= 11 is 1.42. The Morgan fingerprint density at radius 2 is 1.97 bits per heavy atom. The highest BCUT2D eigenvalue weighted by molar-refractivity contribution is 8.02. The van der Waals surface area contributed by atoms with Gasteiger partial charge >= 0.3 is 11.9 Å². The zero-order valence-electron chi connectivity index (χ0n) is 21.6. The number of rotatable bonds is 7. The summed E-state index contributed by atoms with van der Waals surface area (Å²) in [5, 5.41) is 12.5. The smallest absolute Gasteiger partial charge is 0.335 e. The van der Waals surface area contributed by atoms with Gasteiger partial charge in [-0.2, -0.15) is 0 Å². The van der Waals surface area contributed by atoms with Crippen molar-refractivity contribution in [3.8, 4) is 0 Å². The van der Waals surface area contributed by atoms with Crippen molar-refractivity contribution in [2.24, 2.45) is 22.7 Å². The van der Waals surface area contributed by atoms with Gasteiger partial charge in [-0.05, 0) is 48.3 Å². The first kappa shape index (κ1) is 27.1. The molecule has 7 atom stereocenters. The maximum atomic E-state index is 13.9. The fraction of sp³-hybridized carbons (Fsp3) is 0.704. The van der Waals surface area contributed by atoms with Crippen LogP contribution in [0.4, 0.5) is 0 Å². The molecule has 198 valence electrons. The molecule has 3 aliphatic carbocycles. The third-order valence-corrected chi connectivity index (χ3v) is 9.64. The quantitative estimate of drug-likeness (QED) is 0.234. The number of cyclic esters (lactones) is 1. The molecular formula is C27H36O8S. The van der Waals surface area contributed by atoms with Crippen molar-refractivity contribution in [1.29, 1.82) is 0 Å². The maximum Gasteiger partial charge on any atom is 0.335 e. The summed E-state index contributed by atoms with van der Waals surface area (Å²) in [5.74, 6) is -3.09. The van der Waals surface area contributed by atoms with Crippen LogP contribution >= 0.6 is 11.8 Å². The number of unbranched alkanes of at least 4 members (excludes halogenated alkanes) is 1. The summed E-state index contributed by atoms with van der Waals surface area (Å²) in [5.41, 5.74) is -0.821. The number of allylic oxidation sites excluding steroid dienone is 1. The van der Waals surface area contributed by atoms with Crippen molar-refractivity contribution in [2.45, 2.75) is 78.1 Å². The van der Waals surface area contributed by atoms with Gasteiger partial charge in [-0.25, -0.2) is 4.79 Å². The summed E-state index contributed by atoms with van der Waals surface area (Å²) in [6.45, 7) is 7.11. The zero-order chi connectivity index (χ0) is 26.4. The van der Waals surface area contributed by atoms with E-state index in [9.17, 15) is 24.3 Å². The third kappa shape index (κ3) is 4.07. The molecule has 1 aliphatic heterocycles. The topological polar surface area (TPSA) is 116 Å². The number of carbonyl (C=O) groups is 4. The Hall–Kier alpha value is -1.97.